The van der Waals surface area contributed by atoms with Gasteiger partial charge in [-0.05, 0) is 44.4 Å². The van der Waals surface area contributed by atoms with Gasteiger partial charge in [0.2, 0.25) is 5.91 Å². The summed E-state index contributed by atoms with van der Waals surface area (Å²) in [4.78, 5) is 13.6. The van der Waals surface area contributed by atoms with Crippen LogP contribution >= 0.6 is 0 Å². The van der Waals surface area contributed by atoms with Gasteiger partial charge in [0.1, 0.15) is 5.82 Å². The van der Waals surface area contributed by atoms with Crippen LogP contribution in [0.25, 0.3) is 0 Å². The summed E-state index contributed by atoms with van der Waals surface area (Å²) in [5, 5.41) is 2.82. The molecule has 4 nitrogen and oxygen atoms in total. The minimum atomic E-state index is -0.240. The lowest BCUT2D eigenvalue weighted by atomic mass is 10.1. The van der Waals surface area contributed by atoms with Crippen molar-refractivity contribution in [2.24, 2.45) is 0 Å². The van der Waals surface area contributed by atoms with E-state index in [2.05, 4.69) is 5.32 Å². The van der Waals surface area contributed by atoms with Crippen molar-refractivity contribution in [1.82, 2.24) is 5.32 Å². The van der Waals surface area contributed by atoms with Gasteiger partial charge in [0, 0.05) is 39.8 Å². The minimum absolute atomic E-state index is 0.00988. The normalized spacial score (nSPS) is 10.5. The average Bonchev–Trinajstić information content (AvgIpc) is 2.52. The van der Waals surface area contributed by atoms with Crippen LogP contribution in [-0.4, -0.2) is 32.7 Å². The number of benzene rings is 1. The van der Waals surface area contributed by atoms with Gasteiger partial charge in [-0.3, -0.25) is 4.79 Å². The van der Waals surface area contributed by atoms with Crippen LogP contribution in [0.5, 0.6) is 0 Å². The number of halogens is 1. The Morgan fingerprint density at radius 1 is 1.27 bits per heavy atom. The highest BCUT2D eigenvalue weighted by molar-refractivity contribution is 5.75. The molecule has 0 aliphatic heterocycles. The summed E-state index contributed by atoms with van der Waals surface area (Å²) in [6.45, 7) is 6.57. The van der Waals surface area contributed by atoms with Gasteiger partial charge in [-0.25, -0.2) is 4.39 Å². The molecule has 0 spiro atoms. The second kappa shape index (κ2) is 10.2. The van der Waals surface area contributed by atoms with Gasteiger partial charge < -0.3 is 15.0 Å². The van der Waals surface area contributed by atoms with E-state index in [4.69, 9.17) is 4.74 Å². The molecule has 0 aromatic heterocycles. The fourth-order valence-corrected chi connectivity index (χ4v) is 2.30. The summed E-state index contributed by atoms with van der Waals surface area (Å²) in [5.74, 6) is -0.250. The van der Waals surface area contributed by atoms with Crippen molar-refractivity contribution in [3.8, 4) is 0 Å². The lowest BCUT2D eigenvalue weighted by molar-refractivity contribution is -0.121. The predicted molar refractivity (Wildman–Crippen MR) is 87.5 cm³/mol. The number of unbranched alkanes of at least 4 members (excludes halogenated alkanes) is 1. The van der Waals surface area contributed by atoms with Crippen LogP contribution < -0.4 is 10.2 Å². The van der Waals surface area contributed by atoms with Gasteiger partial charge in [-0.1, -0.05) is 6.07 Å². The summed E-state index contributed by atoms with van der Waals surface area (Å²) in [7, 11) is 1.65. The first kappa shape index (κ1) is 18.4. The number of nitrogens with zero attached hydrogens (tertiary/aromatic N) is 1. The molecule has 0 aliphatic rings. The quantitative estimate of drug-likeness (QED) is 0.675. The monoisotopic (exact) mass is 310 g/mol. The van der Waals surface area contributed by atoms with E-state index in [1.54, 1.807) is 13.2 Å². The zero-order valence-electron chi connectivity index (χ0n) is 13.8. The molecule has 22 heavy (non-hydrogen) atoms. The third-order valence-electron chi connectivity index (χ3n) is 3.61. The first-order chi connectivity index (χ1) is 10.6. The van der Waals surface area contributed by atoms with Gasteiger partial charge in [-0.15, -0.1) is 0 Å². The van der Waals surface area contributed by atoms with Crippen LogP contribution in [0.15, 0.2) is 18.2 Å². The van der Waals surface area contributed by atoms with E-state index in [1.807, 2.05) is 24.8 Å². The molecule has 0 atom stereocenters. The lowest BCUT2D eigenvalue weighted by Gasteiger charge is -2.22. The molecule has 1 aromatic rings. The smallest absolute Gasteiger partial charge is 0.220 e. The van der Waals surface area contributed by atoms with Crippen molar-refractivity contribution in [2.45, 2.75) is 39.7 Å². The number of hydrogen-bond donors (Lipinski definition) is 1. The Bertz CT molecular complexity index is 462. The van der Waals surface area contributed by atoms with E-state index in [0.717, 1.165) is 31.5 Å². The van der Waals surface area contributed by atoms with Crippen molar-refractivity contribution in [2.75, 3.05) is 31.7 Å². The number of carbonyl (C=O) groups excluding carboxylic acids is 1. The molecule has 1 amide bonds. The number of ether oxygens (including phenoxy) is 1. The van der Waals surface area contributed by atoms with Crippen LogP contribution in [0.3, 0.4) is 0 Å². The minimum Gasteiger partial charge on any atom is -0.385 e. The standard InChI is InChI=1S/C17H27FN2O2/c1-4-20(5-2)16-10-9-14(12-15(16)18)13-19-17(21)8-6-7-11-22-3/h9-10,12H,4-8,11,13H2,1-3H3,(H,19,21). The van der Waals surface area contributed by atoms with Crippen molar-refractivity contribution in [3.05, 3.63) is 29.6 Å². The summed E-state index contributed by atoms with van der Waals surface area (Å²) in [6, 6.07) is 5.14. The molecular formula is C17H27FN2O2. The first-order valence-electron chi connectivity index (χ1n) is 7.91. The summed E-state index contributed by atoms with van der Waals surface area (Å²) >= 11 is 0. The Morgan fingerprint density at radius 3 is 2.59 bits per heavy atom. The maximum Gasteiger partial charge on any atom is 0.220 e. The number of nitrogens with one attached hydrogen (secondary N) is 1. The number of carbonyl (C=O) groups is 1. The molecule has 0 fully saturated rings. The van der Waals surface area contributed by atoms with Gasteiger partial charge in [0.15, 0.2) is 0 Å². The van der Waals surface area contributed by atoms with Gasteiger partial charge in [0.05, 0.1) is 5.69 Å². The highest BCUT2D eigenvalue weighted by Gasteiger charge is 2.09. The molecule has 1 aromatic carbocycles. The number of methoxy groups -OCH3 is 1. The molecule has 0 heterocycles. The summed E-state index contributed by atoms with van der Waals surface area (Å²) < 4.78 is 19.1. The van der Waals surface area contributed by atoms with E-state index in [-0.39, 0.29) is 11.7 Å². The van der Waals surface area contributed by atoms with Crippen LogP contribution in [0.2, 0.25) is 0 Å². The lowest BCUT2D eigenvalue weighted by Crippen LogP contribution is -2.24. The Kier molecular flexibility index (Phi) is 8.51. The second-order valence-electron chi connectivity index (χ2n) is 5.18. The molecule has 1 N–H and O–H groups in total. The van der Waals surface area contributed by atoms with Crippen molar-refractivity contribution >= 4 is 11.6 Å². The summed E-state index contributed by atoms with van der Waals surface area (Å²) in [5.41, 5.74) is 1.39. The largest absolute Gasteiger partial charge is 0.385 e. The highest BCUT2D eigenvalue weighted by Crippen LogP contribution is 2.20. The van der Waals surface area contributed by atoms with Crippen LogP contribution in [0.4, 0.5) is 10.1 Å². The maximum atomic E-state index is 14.1. The highest BCUT2D eigenvalue weighted by atomic mass is 19.1. The third kappa shape index (κ3) is 6.02. The topological polar surface area (TPSA) is 41.6 Å². The zero-order chi connectivity index (χ0) is 16.4. The van der Waals surface area contributed by atoms with Crippen molar-refractivity contribution < 1.29 is 13.9 Å². The molecule has 1 rings (SSSR count). The van der Waals surface area contributed by atoms with Gasteiger partial charge in [-0.2, -0.15) is 0 Å². The van der Waals surface area contributed by atoms with E-state index in [1.165, 1.54) is 6.07 Å². The number of rotatable bonds is 10. The number of anilines is 1. The van der Waals surface area contributed by atoms with Gasteiger partial charge >= 0.3 is 0 Å². The Labute approximate surface area is 132 Å². The second-order valence-corrected chi connectivity index (χ2v) is 5.18. The number of hydrogen-bond acceptors (Lipinski definition) is 3. The molecule has 124 valence electrons. The molecule has 0 saturated heterocycles. The Balaban J connectivity index is 2.47. The van der Waals surface area contributed by atoms with Crippen LogP contribution in [0.1, 0.15) is 38.7 Å². The molecule has 0 radical (unpaired) electrons. The van der Waals surface area contributed by atoms with E-state index >= 15 is 0 Å². The molecule has 0 bridgehead atoms. The molecule has 5 heteroatoms. The molecule has 0 saturated carbocycles. The molecule has 0 aliphatic carbocycles. The fourth-order valence-electron chi connectivity index (χ4n) is 2.30. The maximum absolute atomic E-state index is 14.1. The predicted octanol–water partition coefficient (Wildman–Crippen LogP) is 3.10. The first-order valence-corrected chi connectivity index (χ1v) is 7.91. The molecule has 0 unspecified atom stereocenters. The van der Waals surface area contributed by atoms with Crippen molar-refractivity contribution in [1.29, 1.82) is 0 Å². The third-order valence-corrected chi connectivity index (χ3v) is 3.61. The number of amides is 1. The Morgan fingerprint density at radius 2 is 2.00 bits per heavy atom. The SMILES string of the molecule is CCN(CC)c1ccc(CNC(=O)CCCCOC)cc1F. The molecular weight excluding hydrogens is 283 g/mol. The van der Waals surface area contributed by atoms with E-state index in [9.17, 15) is 9.18 Å². The van der Waals surface area contributed by atoms with Crippen LogP contribution in [-0.2, 0) is 16.1 Å². The van der Waals surface area contributed by atoms with Crippen molar-refractivity contribution in [3.63, 3.8) is 0 Å². The van der Waals surface area contributed by atoms with Crippen LogP contribution in [0, 0.1) is 5.82 Å². The zero-order valence-corrected chi connectivity index (χ0v) is 13.8. The Hall–Kier alpha value is -1.62. The van der Waals surface area contributed by atoms with E-state index in [0.29, 0.717) is 25.3 Å². The average molecular weight is 310 g/mol. The summed E-state index contributed by atoms with van der Waals surface area (Å²) in [6.07, 6.45) is 2.15. The fraction of sp³-hybridized carbons (Fsp3) is 0.588. The van der Waals surface area contributed by atoms with E-state index < -0.39 is 0 Å². The van der Waals surface area contributed by atoms with Gasteiger partial charge in [0.25, 0.3) is 0 Å².